The van der Waals surface area contributed by atoms with Gasteiger partial charge in [0.2, 0.25) is 5.91 Å². The van der Waals surface area contributed by atoms with Gasteiger partial charge in [-0.25, -0.2) is 0 Å². The van der Waals surface area contributed by atoms with Gasteiger partial charge in [0.1, 0.15) is 12.4 Å². The smallest absolute Gasteiger partial charge is 0.238 e. The molecule has 0 atom stereocenters. The van der Waals surface area contributed by atoms with Gasteiger partial charge in [0, 0.05) is 13.7 Å². The summed E-state index contributed by atoms with van der Waals surface area (Å²) >= 11 is 0. The fraction of sp³-hybridized carbons (Fsp3) is 0.400. The number of anilines is 1. The number of benzene rings is 1. The number of ether oxygens (including phenoxy) is 2. The van der Waals surface area contributed by atoms with Gasteiger partial charge in [-0.3, -0.25) is 4.79 Å². The van der Waals surface area contributed by atoms with Gasteiger partial charge in [-0.2, -0.15) is 0 Å². The molecular formula is C15H22N2O3. The zero-order chi connectivity index (χ0) is 14.8. The second-order valence-electron chi connectivity index (χ2n) is 4.31. The van der Waals surface area contributed by atoms with Crippen molar-refractivity contribution in [3.8, 4) is 5.75 Å². The SMILES string of the molecule is C=CCNCC(=O)Nc1ccc(C)cc1OCCOC. The van der Waals surface area contributed by atoms with E-state index in [0.29, 0.717) is 31.2 Å². The van der Waals surface area contributed by atoms with Crippen LogP contribution in [0.1, 0.15) is 5.56 Å². The molecular weight excluding hydrogens is 256 g/mol. The van der Waals surface area contributed by atoms with Crippen LogP contribution in [0.2, 0.25) is 0 Å². The number of methoxy groups -OCH3 is 1. The first-order valence-corrected chi connectivity index (χ1v) is 6.51. The summed E-state index contributed by atoms with van der Waals surface area (Å²) in [5.74, 6) is 0.534. The molecule has 0 heterocycles. The quantitative estimate of drug-likeness (QED) is 0.533. The minimum absolute atomic E-state index is 0.118. The van der Waals surface area contributed by atoms with Gasteiger partial charge in [0.05, 0.1) is 18.8 Å². The minimum atomic E-state index is -0.118. The average molecular weight is 278 g/mol. The molecule has 0 saturated carbocycles. The van der Waals surface area contributed by atoms with Crippen LogP contribution in [0.4, 0.5) is 5.69 Å². The number of hydrogen-bond acceptors (Lipinski definition) is 4. The Morgan fingerprint density at radius 1 is 1.40 bits per heavy atom. The monoisotopic (exact) mass is 278 g/mol. The number of carbonyl (C=O) groups excluding carboxylic acids is 1. The first-order valence-electron chi connectivity index (χ1n) is 6.51. The Kier molecular flexibility index (Phi) is 7.39. The maximum absolute atomic E-state index is 11.8. The van der Waals surface area contributed by atoms with Crippen LogP contribution < -0.4 is 15.4 Å². The molecule has 1 amide bonds. The molecule has 0 fully saturated rings. The lowest BCUT2D eigenvalue weighted by atomic mass is 10.2. The van der Waals surface area contributed by atoms with Crippen LogP contribution in [-0.4, -0.2) is 39.3 Å². The van der Waals surface area contributed by atoms with Crippen LogP contribution in [0.5, 0.6) is 5.75 Å². The molecule has 0 radical (unpaired) electrons. The molecule has 0 saturated heterocycles. The van der Waals surface area contributed by atoms with E-state index in [0.717, 1.165) is 5.56 Å². The third-order valence-electron chi connectivity index (χ3n) is 2.53. The fourth-order valence-electron chi connectivity index (χ4n) is 1.57. The van der Waals surface area contributed by atoms with Crippen LogP contribution in [0.25, 0.3) is 0 Å². The maximum atomic E-state index is 11.8. The highest BCUT2D eigenvalue weighted by Gasteiger charge is 2.08. The van der Waals surface area contributed by atoms with Crippen molar-refractivity contribution < 1.29 is 14.3 Å². The zero-order valence-electron chi connectivity index (χ0n) is 12.1. The number of nitrogens with one attached hydrogen (secondary N) is 2. The molecule has 0 aliphatic heterocycles. The van der Waals surface area contributed by atoms with Gasteiger partial charge < -0.3 is 20.1 Å². The van der Waals surface area contributed by atoms with Crippen molar-refractivity contribution in [1.29, 1.82) is 0 Å². The Morgan fingerprint density at radius 3 is 2.90 bits per heavy atom. The molecule has 5 heteroatoms. The zero-order valence-corrected chi connectivity index (χ0v) is 12.1. The summed E-state index contributed by atoms with van der Waals surface area (Å²) in [6, 6.07) is 5.65. The number of hydrogen-bond donors (Lipinski definition) is 2. The minimum Gasteiger partial charge on any atom is -0.489 e. The summed E-state index contributed by atoms with van der Waals surface area (Å²) in [4.78, 5) is 11.8. The molecule has 0 bridgehead atoms. The Morgan fingerprint density at radius 2 is 2.20 bits per heavy atom. The Hall–Kier alpha value is -1.85. The van der Waals surface area contributed by atoms with E-state index in [-0.39, 0.29) is 12.5 Å². The topological polar surface area (TPSA) is 59.6 Å². The molecule has 5 nitrogen and oxygen atoms in total. The Bertz CT molecular complexity index is 447. The number of rotatable bonds is 9. The summed E-state index contributed by atoms with van der Waals surface area (Å²) in [7, 11) is 1.62. The van der Waals surface area contributed by atoms with E-state index >= 15 is 0 Å². The van der Waals surface area contributed by atoms with E-state index in [4.69, 9.17) is 9.47 Å². The largest absolute Gasteiger partial charge is 0.489 e. The number of aryl methyl sites for hydroxylation is 1. The molecule has 1 aromatic rings. The van der Waals surface area contributed by atoms with Crippen molar-refractivity contribution in [2.45, 2.75) is 6.92 Å². The number of amides is 1. The summed E-state index contributed by atoms with van der Waals surface area (Å²) in [6.45, 7) is 7.33. The van der Waals surface area contributed by atoms with Crippen molar-refractivity contribution >= 4 is 11.6 Å². The van der Waals surface area contributed by atoms with Crippen molar-refractivity contribution in [3.63, 3.8) is 0 Å². The van der Waals surface area contributed by atoms with Gasteiger partial charge in [-0.1, -0.05) is 12.1 Å². The molecule has 2 N–H and O–H groups in total. The average Bonchev–Trinajstić information content (AvgIpc) is 2.42. The highest BCUT2D eigenvalue weighted by Crippen LogP contribution is 2.25. The Labute approximate surface area is 120 Å². The molecule has 0 aromatic heterocycles. The number of carbonyl (C=O) groups is 1. The third-order valence-corrected chi connectivity index (χ3v) is 2.53. The van der Waals surface area contributed by atoms with Crippen molar-refractivity contribution in [3.05, 3.63) is 36.4 Å². The van der Waals surface area contributed by atoms with Gasteiger partial charge in [-0.15, -0.1) is 6.58 Å². The second-order valence-corrected chi connectivity index (χ2v) is 4.31. The van der Waals surface area contributed by atoms with Crippen molar-refractivity contribution in [1.82, 2.24) is 5.32 Å². The summed E-state index contributed by atoms with van der Waals surface area (Å²) in [5, 5.41) is 5.77. The van der Waals surface area contributed by atoms with Gasteiger partial charge >= 0.3 is 0 Å². The maximum Gasteiger partial charge on any atom is 0.238 e. The standard InChI is InChI=1S/C15H22N2O3/c1-4-7-16-11-15(18)17-13-6-5-12(2)10-14(13)20-9-8-19-3/h4-6,10,16H,1,7-9,11H2,2-3H3,(H,17,18). The lowest BCUT2D eigenvalue weighted by molar-refractivity contribution is -0.115. The highest BCUT2D eigenvalue weighted by atomic mass is 16.5. The van der Waals surface area contributed by atoms with Crippen LogP contribution in [0.3, 0.4) is 0 Å². The molecule has 0 spiro atoms. The van der Waals surface area contributed by atoms with Crippen LogP contribution >= 0.6 is 0 Å². The van der Waals surface area contributed by atoms with E-state index in [9.17, 15) is 4.79 Å². The van der Waals surface area contributed by atoms with E-state index in [1.807, 2.05) is 25.1 Å². The van der Waals surface area contributed by atoms with Gasteiger partial charge in [0.15, 0.2) is 0 Å². The summed E-state index contributed by atoms with van der Waals surface area (Å²) in [5.41, 5.74) is 1.73. The summed E-state index contributed by atoms with van der Waals surface area (Å²) in [6.07, 6.45) is 1.71. The fourth-order valence-corrected chi connectivity index (χ4v) is 1.57. The van der Waals surface area contributed by atoms with Crippen LogP contribution in [0.15, 0.2) is 30.9 Å². The molecule has 0 unspecified atom stereocenters. The lowest BCUT2D eigenvalue weighted by Gasteiger charge is -2.13. The molecule has 0 aliphatic rings. The second kappa shape index (κ2) is 9.12. The van der Waals surface area contributed by atoms with E-state index < -0.39 is 0 Å². The predicted molar refractivity (Wildman–Crippen MR) is 80.2 cm³/mol. The van der Waals surface area contributed by atoms with Crippen molar-refractivity contribution in [2.24, 2.45) is 0 Å². The highest BCUT2D eigenvalue weighted by molar-refractivity contribution is 5.93. The first kappa shape index (κ1) is 16.2. The Balaban J connectivity index is 2.62. The van der Waals surface area contributed by atoms with E-state index in [1.54, 1.807) is 13.2 Å². The van der Waals surface area contributed by atoms with Crippen LogP contribution in [0, 0.1) is 6.92 Å². The molecule has 1 aromatic carbocycles. The van der Waals surface area contributed by atoms with Crippen molar-refractivity contribution in [2.75, 3.05) is 38.7 Å². The molecule has 20 heavy (non-hydrogen) atoms. The van der Waals surface area contributed by atoms with E-state index in [2.05, 4.69) is 17.2 Å². The third kappa shape index (κ3) is 5.86. The normalized spacial score (nSPS) is 10.1. The first-order chi connectivity index (χ1) is 9.67. The summed E-state index contributed by atoms with van der Waals surface area (Å²) < 4.78 is 10.6. The van der Waals surface area contributed by atoms with Gasteiger partial charge in [0.25, 0.3) is 0 Å². The van der Waals surface area contributed by atoms with Gasteiger partial charge in [-0.05, 0) is 24.6 Å². The van der Waals surface area contributed by atoms with Crippen LogP contribution in [-0.2, 0) is 9.53 Å². The predicted octanol–water partition coefficient (Wildman–Crippen LogP) is 1.73. The van der Waals surface area contributed by atoms with E-state index in [1.165, 1.54) is 0 Å². The molecule has 1 rings (SSSR count). The molecule has 0 aliphatic carbocycles. The molecule has 110 valence electrons. The lowest BCUT2D eigenvalue weighted by Crippen LogP contribution is -2.28.